The van der Waals surface area contributed by atoms with Gasteiger partial charge >= 0.3 is 0 Å². The zero-order valence-electron chi connectivity index (χ0n) is 16.1. The molecule has 3 heterocycles. The lowest BCUT2D eigenvalue weighted by Gasteiger charge is -2.27. The van der Waals surface area contributed by atoms with Gasteiger partial charge in [0.05, 0.1) is 17.8 Å². The summed E-state index contributed by atoms with van der Waals surface area (Å²) in [4.78, 5) is 17.5. The predicted molar refractivity (Wildman–Crippen MR) is 108 cm³/mol. The van der Waals surface area contributed by atoms with Crippen molar-refractivity contribution in [3.63, 3.8) is 0 Å². The minimum atomic E-state index is -0.544. The number of fused-ring (bicyclic) bond motifs is 1. The summed E-state index contributed by atoms with van der Waals surface area (Å²) in [6.45, 7) is 3.19. The third-order valence-corrected chi connectivity index (χ3v) is 5.18. The molecule has 0 radical (unpaired) electrons. The first-order valence-electron chi connectivity index (χ1n) is 9.42. The largest absolute Gasteiger partial charge is 0.440 e. The number of imidazole rings is 1. The van der Waals surface area contributed by atoms with E-state index in [9.17, 15) is 10.1 Å². The highest BCUT2D eigenvalue weighted by Gasteiger charge is 2.34. The summed E-state index contributed by atoms with van der Waals surface area (Å²) in [5.74, 6) is -0.0767. The number of hydrogen-bond acceptors (Lipinski definition) is 5. The Morgan fingerprint density at radius 1 is 1.28 bits per heavy atom. The number of nitrogens with two attached hydrogens (primary N) is 1. The van der Waals surface area contributed by atoms with E-state index in [2.05, 4.69) is 11.1 Å². The normalized spacial score (nSPS) is 15.5. The van der Waals surface area contributed by atoms with E-state index in [1.807, 2.05) is 54.1 Å². The molecule has 1 aromatic carbocycles. The van der Waals surface area contributed by atoms with Crippen LogP contribution in [0.4, 0.5) is 0 Å². The molecule has 0 spiro atoms. The maximum Gasteiger partial charge on any atom is 0.258 e. The Balaban J connectivity index is 1.77. The van der Waals surface area contributed by atoms with Crippen molar-refractivity contribution in [2.75, 3.05) is 0 Å². The van der Waals surface area contributed by atoms with Crippen LogP contribution < -0.4 is 16.0 Å². The van der Waals surface area contributed by atoms with Crippen molar-refractivity contribution >= 4 is 0 Å². The molecule has 0 aliphatic carbocycles. The first kappa shape index (κ1) is 18.6. The van der Waals surface area contributed by atoms with Crippen molar-refractivity contribution in [2.24, 2.45) is 5.73 Å². The molecule has 29 heavy (non-hydrogen) atoms. The van der Waals surface area contributed by atoms with E-state index in [1.54, 1.807) is 17.1 Å². The van der Waals surface area contributed by atoms with Crippen LogP contribution in [-0.2, 0) is 13.1 Å². The predicted octanol–water partition coefficient (Wildman–Crippen LogP) is 2.66. The monoisotopic (exact) mass is 387 g/mol. The van der Waals surface area contributed by atoms with E-state index in [0.29, 0.717) is 17.9 Å². The summed E-state index contributed by atoms with van der Waals surface area (Å²) in [6, 6.07) is 13.4. The van der Waals surface area contributed by atoms with Gasteiger partial charge in [0.25, 0.3) is 5.56 Å². The number of rotatable bonds is 5. The van der Waals surface area contributed by atoms with Crippen molar-refractivity contribution in [1.82, 2.24) is 14.1 Å². The van der Waals surface area contributed by atoms with Gasteiger partial charge < -0.3 is 19.6 Å². The van der Waals surface area contributed by atoms with Gasteiger partial charge in [0.15, 0.2) is 0 Å². The van der Waals surface area contributed by atoms with E-state index >= 15 is 0 Å². The highest BCUT2D eigenvalue weighted by molar-refractivity contribution is 5.55. The average Bonchev–Trinajstić information content (AvgIpc) is 3.23. The van der Waals surface area contributed by atoms with E-state index in [0.717, 1.165) is 24.2 Å². The Hall–Kier alpha value is -3.79. The molecule has 7 nitrogen and oxygen atoms in total. The van der Waals surface area contributed by atoms with Gasteiger partial charge in [0.2, 0.25) is 5.88 Å². The minimum Gasteiger partial charge on any atom is -0.440 e. The molecule has 3 aromatic rings. The van der Waals surface area contributed by atoms with E-state index in [4.69, 9.17) is 10.5 Å². The molecule has 1 atom stereocenters. The van der Waals surface area contributed by atoms with Crippen LogP contribution in [0.1, 0.15) is 29.2 Å². The van der Waals surface area contributed by atoms with E-state index in [-0.39, 0.29) is 17.0 Å². The lowest BCUT2D eigenvalue weighted by molar-refractivity contribution is 0.387. The molecule has 0 amide bonds. The Kier molecular flexibility index (Phi) is 4.92. The number of nitriles is 1. The molecule has 2 aromatic heterocycles. The van der Waals surface area contributed by atoms with Gasteiger partial charge in [0, 0.05) is 37.2 Å². The molecular formula is C22H21N5O2. The van der Waals surface area contributed by atoms with Crippen LogP contribution in [-0.4, -0.2) is 14.1 Å². The second-order valence-electron chi connectivity index (χ2n) is 7.01. The molecule has 7 heteroatoms. The lowest BCUT2D eigenvalue weighted by atomic mass is 9.84. The fourth-order valence-corrected chi connectivity index (χ4v) is 3.77. The van der Waals surface area contributed by atoms with Crippen molar-refractivity contribution in [1.29, 1.82) is 5.26 Å². The average molecular weight is 387 g/mol. The summed E-state index contributed by atoms with van der Waals surface area (Å²) in [5.41, 5.74) is 8.21. The fourth-order valence-electron chi connectivity index (χ4n) is 3.77. The second-order valence-corrected chi connectivity index (χ2v) is 7.01. The summed E-state index contributed by atoms with van der Waals surface area (Å²) < 4.78 is 9.40. The summed E-state index contributed by atoms with van der Waals surface area (Å²) in [5, 5.41) is 9.70. The second kappa shape index (κ2) is 7.68. The molecule has 0 unspecified atom stereocenters. The number of aromatic nitrogens is 3. The molecule has 4 rings (SSSR count). The maximum atomic E-state index is 13.5. The fraction of sp³-hybridized carbons (Fsp3) is 0.227. The first-order chi connectivity index (χ1) is 14.1. The Morgan fingerprint density at radius 2 is 2.07 bits per heavy atom. The smallest absolute Gasteiger partial charge is 0.258 e. The molecule has 0 bridgehead atoms. The molecule has 0 fully saturated rings. The minimum absolute atomic E-state index is 0.0468. The Morgan fingerprint density at radius 3 is 2.76 bits per heavy atom. The number of allylic oxidation sites excluding steroid dienone is 1. The number of benzene rings is 1. The third kappa shape index (κ3) is 3.41. The van der Waals surface area contributed by atoms with Crippen LogP contribution in [0.15, 0.2) is 71.4 Å². The molecule has 1 aliphatic heterocycles. The molecule has 1 aliphatic rings. The van der Waals surface area contributed by atoms with Gasteiger partial charge in [-0.25, -0.2) is 4.98 Å². The SMILES string of the molecule is Cc1cc2c(c(=O)n1CCCn1ccnc1)[C@H](c1ccccc1)C(C#N)=C(N)O2. The molecule has 0 saturated heterocycles. The summed E-state index contributed by atoms with van der Waals surface area (Å²) in [7, 11) is 0. The van der Waals surface area contributed by atoms with Gasteiger partial charge in [-0.1, -0.05) is 30.3 Å². The molecular weight excluding hydrogens is 366 g/mol. The zero-order valence-corrected chi connectivity index (χ0v) is 16.1. The van der Waals surface area contributed by atoms with Crippen LogP contribution in [0.5, 0.6) is 5.75 Å². The Bertz CT molecular complexity index is 1150. The van der Waals surface area contributed by atoms with Gasteiger partial charge in [0.1, 0.15) is 17.4 Å². The van der Waals surface area contributed by atoms with Crippen LogP contribution >= 0.6 is 0 Å². The van der Waals surface area contributed by atoms with Crippen LogP contribution in [0, 0.1) is 18.3 Å². The molecule has 0 saturated carbocycles. The number of nitrogens with zero attached hydrogens (tertiary/aromatic N) is 4. The number of aryl methyl sites for hydroxylation is 2. The highest BCUT2D eigenvalue weighted by Crippen LogP contribution is 2.40. The number of hydrogen-bond donors (Lipinski definition) is 1. The number of pyridine rings is 1. The lowest BCUT2D eigenvalue weighted by Crippen LogP contribution is -2.33. The van der Waals surface area contributed by atoms with Gasteiger partial charge in [-0.15, -0.1) is 0 Å². The Labute approximate surface area is 168 Å². The first-order valence-corrected chi connectivity index (χ1v) is 9.42. The quantitative estimate of drug-likeness (QED) is 0.726. The summed E-state index contributed by atoms with van der Waals surface area (Å²) >= 11 is 0. The van der Waals surface area contributed by atoms with E-state index in [1.165, 1.54) is 0 Å². The van der Waals surface area contributed by atoms with Crippen LogP contribution in [0.2, 0.25) is 0 Å². The van der Waals surface area contributed by atoms with Crippen LogP contribution in [0.3, 0.4) is 0 Å². The van der Waals surface area contributed by atoms with Crippen LogP contribution in [0.25, 0.3) is 0 Å². The van der Waals surface area contributed by atoms with Gasteiger partial charge in [-0.05, 0) is 18.9 Å². The van der Waals surface area contributed by atoms with Gasteiger partial charge in [-0.3, -0.25) is 4.79 Å². The zero-order chi connectivity index (χ0) is 20.4. The number of ether oxygens (including phenoxy) is 1. The summed E-state index contributed by atoms with van der Waals surface area (Å²) in [6.07, 6.45) is 6.16. The topological polar surface area (TPSA) is 98.9 Å². The van der Waals surface area contributed by atoms with Gasteiger partial charge in [-0.2, -0.15) is 5.26 Å². The molecule has 2 N–H and O–H groups in total. The highest BCUT2D eigenvalue weighted by atomic mass is 16.5. The van der Waals surface area contributed by atoms with E-state index < -0.39 is 5.92 Å². The van der Waals surface area contributed by atoms with Crippen molar-refractivity contribution in [3.8, 4) is 11.8 Å². The standard InChI is InChI=1S/C22H21N5O2/c1-15-12-18-20(22(28)27(15)10-5-9-26-11-8-25-14-26)19(16-6-3-2-4-7-16)17(13-23)21(24)29-18/h2-4,6-8,11-12,14,19H,5,9-10,24H2,1H3/t19-/m1/s1. The maximum absolute atomic E-state index is 13.5. The third-order valence-electron chi connectivity index (χ3n) is 5.18. The molecule has 146 valence electrons. The van der Waals surface area contributed by atoms with Crippen molar-refractivity contribution in [2.45, 2.75) is 32.4 Å². The van der Waals surface area contributed by atoms with Crippen molar-refractivity contribution in [3.05, 3.63) is 93.8 Å². The van der Waals surface area contributed by atoms with Crippen molar-refractivity contribution < 1.29 is 4.74 Å².